The maximum Gasteiger partial charge on any atom is 0.330 e. The highest BCUT2D eigenvalue weighted by molar-refractivity contribution is 5.81. The molecule has 0 fully saturated rings. The van der Waals surface area contributed by atoms with Crippen molar-refractivity contribution in [2.24, 2.45) is 0 Å². The van der Waals surface area contributed by atoms with Gasteiger partial charge in [0, 0.05) is 6.08 Å². The first kappa shape index (κ1) is 9.13. The van der Waals surface area contributed by atoms with Crippen LogP contribution in [0.4, 0.5) is 0 Å². The third kappa shape index (κ3) is 5.27. The lowest BCUT2D eigenvalue weighted by atomic mass is 10.5. The van der Waals surface area contributed by atoms with E-state index in [0.717, 1.165) is 12.2 Å². The van der Waals surface area contributed by atoms with Gasteiger partial charge < -0.3 is 14.9 Å². The van der Waals surface area contributed by atoms with Crippen LogP contribution in [0.1, 0.15) is 6.92 Å². The smallest absolute Gasteiger partial charge is 0.330 e. The normalized spacial score (nSPS) is 10.8. The van der Waals surface area contributed by atoms with E-state index in [1.807, 2.05) is 0 Å². The first-order valence-corrected chi connectivity index (χ1v) is 2.88. The van der Waals surface area contributed by atoms with Gasteiger partial charge in [-0.15, -0.1) is 0 Å². The maximum atomic E-state index is 10.4. The molecule has 0 atom stereocenters. The number of rotatable bonds is 3. The molecule has 0 spiro atoms. The zero-order valence-electron chi connectivity index (χ0n) is 5.65. The lowest BCUT2D eigenvalue weighted by molar-refractivity contribution is -0.137. The average molecular weight is 146 g/mol. The molecular weight excluding hydrogens is 136 g/mol. The van der Waals surface area contributed by atoms with E-state index in [9.17, 15) is 4.79 Å². The van der Waals surface area contributed by atoms with Crippen molar-refractivity contribution < 1.29 is 19.7 Å². The molecule has 0 aliphatic carbocycles. The monoisotopic (exact) mass is 146 g/mol. The Balaban J connectivity index is 3.56. The number of esters is 1. The summed E-state index contributed by atoms with van der Waals surface area (Å²) in [6.45, 7) is 1.95. The Morgan fingerprint density at radius 3 is 2.70 bits per heavy atom. The van der Waals surface area contributed by atoms with E-state index in [0.29, 0.717) is 0 Å². The Labute approximate surface area is 58.7 Å². The summed E-state index contributed by atoms with van der Waals surface area (Å²) in [4.78, 5) is 10.4. The summed E-state index contributed by atoms with van der Waals surface area (Å²) in [6.07, 6.45) is 0.302. The molecule has 0 rings (SSSR count). The summed E-state index contributed by atoms with van der Waals surface area (Å²) in [6, 6.07) is 0. The fourth-order valence-corrected chi connectivity index (χ4v) is 0.355. The van der Waals surface area contributed by atoms with Crippen molar-refractivity contribution in [2.75, 3.05) is 6.61 Å². The molecule has 2 N–H and O–H groups in total. The van der Waals surface area contributed by atoms with Gasteiger partial charge in [-0.25, -0.2) is 4.79 Å². The lowest BCUT2D eigenvalue weighted by Gasteiger charge is -1.95. The van der Waals surface area contributed by atoms with Crippen LogP contribution in [0, 0.1) is 0 Å². The minimum Gasteiger partial charge on any atom is -0.463 e. The number of carbonyl (C=O) groups excluding carboxylic acids is 1. The molecule has 0 heterocycles. The van der Waals surface area contributed by atoms with Crippen molar-refractivity contribution in [3.63, 3.8) is 0 Å². The second-order valence-electron chi connectivity index (χ2n) is 1.52. The number of aliphatic hydroxyl groups excluding tert-OH is 1. The zero-order valence-corrected chi connectivity index (χ0v) is 5.65. The summed E-state index contributed by atoms with van der Waals surface area (Å²) in [5.74, 6) is -0.574. The van der Waals surface area contributed by atoms with Gasteiger partial charge in [-0.2, -0.15) is 0 Å². The molecule has 10 heavy (non-hydrogen) atoms. The van der Waals surface area contributed by atoms with Crippen molar-refractivity contribution in [3.05, 3.63) is 12.2 Å². The van der Waals surface area contributed by atoms with Gasteiger partial charge in [0.25, 0.3) is 0 Å². The molecule has 0 bridgehead atoms. The van der Waals surface area contributed by atoms with Crippen molar-refractivity contribution in [3.8, 4) is 0 Å². The molecular formula is C6H10O4. The van der Waals surface area contributed by atoms with Crippen LogP contribution in [0.25, 0.3) is 0 Å². The summed E-state index contributed by atoms with van der Waals surface area (Å²) < 4.78 is 4.44. The Morgan fingerprint density at radius 1 is 1.70 bits per heavy atom. The van der Waals surface area contributed by atoms with Gasteiger partial charge in [0.05, 0.1) is 6.61 Å². The van der Waals surface area contributed by atoms with Crippen molar-refractivity contribution in [2.45, 2.75) is 13.2 Å². The van der Waals surface area contributed by atoms with Crippen LogP contribution < -0.4 is 0 Å². The molecule has 0 aromatic heterocycles. The molecule has 0 aliphatic heterocycles. The average Bonchev–Trinajstić information content (AvgIpc) is 1.85. The van der Waals surface area contributed by atoms with Gasteiger partial charge in [-0.05, 0) is 13.0 Å². The molecule has 58 valence electrons. The summed E-state index contributed by atoms with van der Waals surface area (Å²) in [5.41, 5.74) is 0. The van der Waals surface area contributed by atoms with Crippen LogP contribution in [0.5, 0.6) is 0 Å². The van der Waals surface area contributed by atoms with E-state index >= 15 is 0 Å². The predicted octanol–water partition coefficient (Wildman–Crippen LogP) is -0.584. The van der Waals surface area contributed by atoms with Crippen molar-refractivity contribution >= 4 is 5.97 Å². The molecule has 4 nitrogen and oxygen atoms in total. The van der Waals surface area contributed by atoms with Crippen LogP contribution in [0.2, 0.25) is 0 Å². The minimum absolute atomic E-state index is 0.282. The SMILES string of the molecule is CCOC(=O)/C=C\C(O)O. The van der Waals surface area contributed by atoms with Gasteiger partial charge in [0.1, 0.15) is 0 Å². The van der Waals surface area contributed by atoms with Crippen LogP contribution in [0.15, 0.2) is 12.2 Å². The number of carbonyl (C=O) groups is 1. The van der Waals surface area contributed by atoms with Crippen LogP contribution in [0.3, 0.4) is 0 Å². The Bertz CT molecular complexity index is 128. The Morgan fingerprint density at radius 2 is 2.30 bits per heavy atom. The van der Waals surface area contributed by atoms with Gasteiger partial charge in [-0.3, -0.25) is 0 Å². The van der Waals surface area contributed by atoms with E-state index in [2.05, 4.69) is 4.74 Å². The minimum atomic E-state index is -1.59. The lowest BCUT2D eigenvalue weighted by Crippen LogP contribution is -2.03. The van der Waals surface area contributed by atoms with Gasteiger partial charge in [0.2, 0.25) is 0 Å². The van der Waals surface area contributed by atoms with Crippen molar-refractivity contribution in [1.29, 1.82) is 0 Å². The number of hydrogen-bond donors (Lipinski definition) is 2. The summed E-state index contributed by atoms with van der Waals surface area (Å²) >= 11 is 0. The Hall–Kier alpha value is -0.870. The van der Waals surface area contributed by atoms with Gasteiger partial charge in [-0.1, -0.05) is 0 Å². The van der Waals surface area contributed by atoms with Crippen LogP contribution >= 0.6 is 0 Å². The fraction of sp³-hybridized carbons (Fsp3) is 0.500. The van der Waals surface area contributed by atoms with Crippen molar-refractivity contribution in [1.82, 2.24) is 0 Å². The highest BCUT2D eigenvalue weighted by atomic mass is 16.5. The molecule has 0 aliphatic rings. The van der Waals surface area contributed by atoms with Crippen LogP contribution in [-0.2, 0) is 9.53 Å². The molecule has 0 unspecified atom stereocenters. The second kappa shape index (κ2) is 4.96. The van der Waals surface area contributed by atoms with E-state index in [1.165, 1.54) is 0 Å². The number of ether oxygens (including phenoxy) is 1. The molecule has 0 saturated heterocycles. The van der Waals surface area contributed by atoms with Gasteiger partial charge in [0.15, 0.2) is 6.29 Å². The van der Waals surface area contributed by atoms with E-state index in [1.54, 1.807) is 6.92 Å². The quantitative estimate of drug-likeness (QED) is 0.317. The first-order chi connectivity index (χ1) is 4.66. The number of aliphatic hydroxyl groups is 2. The molecule has 4 heteroatoms. The summed E-state index contributed by atoms with van der Waals surface area (Å²) in [7, 11) is 0. The topological polar surface area (TPSA) is 66.8 Å². The second-order valence-corrected chi connectivity index (χ2v) is 1.52. The highest BCUT2D eigenvalue weighted by Gasteiger charge is 1.94. The van der Waals surface area contributed by atoms with Gasteiger partial charge >= 0.3 is 5.97 Å². The molecule has 0 aromatic rings. The van der Waals surface area contributed by atoms with E-state index in [-0.39, 0.29) is 6.61 Å². The largest absolute Gasteiger partial charge is 0.463 e. The standard InChI is InChI=1S/C6H10O4/c1-2-10-6(9)4-3-5(7)8/h3-5,7-8H,2H2,1H3/b4-3-. The third-order valence-electron chi connectivity index (χ3n) is 0.691. The molecule has 0 radical (unpaired) electrons. The predicted molar refractivity (Wildman–Crippen MR) is 34.0 cm³/mol. The van der Waals surface area contributed by atoms with E-state index < -0.39 is 12.3 Å². The van der Waals surface area contributed by atoms with E-state index in [4.69, 9.17) is 10.2 Å². The molecule has 0 amide bonds. The molecule has 0 aromatic carbocycles. The maximum absolute atomic E-state index is 10.4. The summed E-state index contributed by atoms with van der Waals surface area (Å²) in [5, 5.41) is 16.5. The highest BCUT2D eigenvalue weighted by Crippen LogP contribution is 1.83. The molecule has 0 saturated carbocycles. The first-order valence-electron chi connectivity index (χ1n) is 2.88. The van der Waals surface area contributed by atoms with Crippen LogP contribution in [-0.4, -0.2) is 29.1 Å². The zero-order chi connectivity index (χ0) is 7.98. The third-order valence-corrected chi connectivity index (χ3v) is 0.691. The fourth-order valence-electron chi connectivity index (χ4n) is 0.355. The number of hydrogen-bond acceptors (Lipinski definition) is 4. The Kier molecular flexibility index (Phi) is 4.53.